The molecule has 0 aliphatic carbocycles. The standard InChI is InChI=1S/C8H8N2S/c1-6-5-10-8(11-6)7-3-2-4-9-7/h2-5,9H,1H3. The van der Waals surface area contributed by atoms with Gasteiger partial charge < -0.3 is 4.98 Å². The van der Waals surface area contributed by atoms with E-state index in [1.54, 1.807) is 11.3 Å². The molecule has 0 spiro atoms. The van der Waals surface area contributed by atoms with Gasteiger partial charge in [-0.25, -0.2) is 4.98 Å². The first kappa shape index (κ1) is 6.61. The number of aryl methyl sites for hydroxylation is 1. The highest BCUT2D eigenvalue weighted by Gasteiger charge is 2.00. The van der Waals surface area contributed by atoms with Gasteiger partial charge in [-0.05, 0) is 19.1 Å². The summed E-state index contributed by atoms with van der Waals surface area (Å²) in [7, 11) is 0. The molecule has 0 bridgehead atoms. The lowest BCUT2D eigenvalue weighted by Crippen LogP contribution is -1.70. The maximum absolute atomic E-state index is 4.25. The topological polar surface area (TPSA) is 28.7 Å². The molecule has 1 N–H and O–H groups in total. The molecule has 2 nitrogen and oxygen atoms in total. The number of H-pyrrole nitrogens is 1. The smallest absolute Gasteiger partial charge is 0.139 e. The number of thiazole rings is 1. The highest BCUT2D eigenvalue weighted by molar-refractivity contribution is 7.14. The number of hydrogen-bond donors (Lipinski definition) is 1. The zero-order valence-electron chi connectivity index (χ0n) is 6.16. The molecule has 56 valence electrons. The van der Waals surface area contributed by atoms with E-state index in [1.807, 2.05) is 24.5 Å². The fourth-order valence-corrected chi connectivity index (χ4v) is 1.70. The first-order valence-corrected chi connectivity index (χ1v) is 4.24. The number of rotatable bonds is 1. The van der Waals surface area contributed by atoms with Gasteiger partial charge in [0.25, 0.3) is 0 Å². The molecule has 0 amide bonds. The van der Waals surface area contributed by atoms with Crippen molar-refractivity contribution in [3.05, 3.63) is 29.4 Å². The highest BCUT2D eigenvalue weighted by Crippen LogP contribution is 2.22. The van der Waals surface area contributed by atoms with Crippen molar-refractivity contribution in [2.45, 2.75) is 6.92 Å². The second-order valence-electron chi connectivity index (χ2n) is 2.36. The summed E-state index contributed by atoms with van der Waals surface area (Å²) in [6, 6.07) is 4.00. The predicted molar refractivity (Wildman–Crippen MR) is 46.6 cm³/mol. The van der Waals surface area contributed by atoms with Crippen LogP contribution in [-0.2, 0) is 0 Å². The highest BCUT2D eigenvalue weighted by atomic mass is 32.1. The largest absolute Gasteiger partial charge is 0.359 e. The monoisotopic (exact) mass is 164 g/mol. The Morgan fingerprint density at radius 3 is 3.00 bits per heavy atom. The zero-order chi connectivity index (χ0) is 7.68. The summed E-state index contributed by atoms with van der Waals surface area (Å²) in [4.78, 5) is 8.61. The molecule has 0 atom stereocenters. The Hall–Kier alpha value is -1.09. The molecular formula is C8H8N2S. The first-order valence-electron chi connectivity index (χ1n) is 3.42. The van der Waals surface area contributed by atoms with E-state index in [0.717, 1.165) is 10.7 Å². The zero-order valence-corrected chi connectivity index (χ0v) is 6.98. The SMILES string of the molecule is Cc1cnc(-c2ccc[nH]2)s1. The lowest BCUT2D eigenvalue weighted by Gasteiger charge is -1.85. The minimum absolute atomic E-state index is 1.06. The van der Waals surface area contributed by atoms with Gasteiger partial charge in [-0.2, -0.15) is 0 Å². The van der Waals surface area contributed by atoms with Crippen molar-refractivity contribution in [3.63, 3.8) is 0 Å². The molecule has 11 heavy (non-hydrogen) atoms. The first-order chi connectivity index (χ1) is 5.36. The quantitative estimate of drug-likeness (QED) is 0.689. The van der Waals surface area contributed by atoms with E-state index in [2.05, 4.69) is 16.9 Å². The van der Waals surface area contributed by atoms with Crippen LogP contribution < -0.4 is 0 Å². The molecule has 2 aromatic rings. The fraction of sp³-hybridized carbons (Fsp3) is 0.125. The van der Waals surface area contributed by atoms with E-state index in [9.17, 15) is 0 Å². The summed E-state index contributed by atoms with van der Waals surface area (Å²) in [5, 5.41) is 1.06. The van der Waals surface area contributed by atoms with E-state index in [0.29, 0.717) is 0 Å². The van der Waals surface area contributed by atoms with Crippen molar-refractivity contribution < 1.29 is 0 Å². The normalized spacial score (nSPS) is 10.3. The summed E-state index contributed by atoms with van der Waals surface area (Å²) in [5.41, 5.74) is 1.10. The third-order valence-corrected chi connectivity index (χ3v) is 2.40. The van der Waals surface area contributed by atoms with Gasteiger partial charge in [0.2, 0.25) is 0 Å². The number of aromatic nitrogens is 2. The van der Waals surface area contributed by atoms with E-state index in [4.69, 9.17) is 0 Å². The van der Waals surface area contributed by atoms with Crippen LogP contribution in [0.4, 0.5) is 0 Å². The third-order valence-electron chi connectivity index (χ3n) is 1.45. The summed E-state index contributed by atoms with van der Waals surface area (Å²) < 4.78 is 0. The Labute approximate surface area is 68.9 Å². The third kappa shape index (κ3) is 1.19. The number of aromatic amines is 1. The van der Waals surface area contributed by atoms with Crippen LogP contribution in [0.2, 0.25) is 0 Å². The maximum atomic E-state index is 4.25. The van der Waals surface area contributed by atoms with Gasteiger partial charge >= 0.3 is 0 Å². The average molecular weight is 164 g/mol. The van der Waals surface area contributed by atoms with Gasteiger partial charge in [0.1, 0.15) is 5.01 Å². The Kier molecular flexibility index (Phi) is 1.51. The van der Waals surface area contributed by atoms with Crippen LogP contribution in [0.25, 0.3) is 10.7 Å². The maximum Gasteiger partial charge on any atom is 0.139 e. The Balaban J connectivity index is 2.45. The summed E-state index contributed by atoms with van der Waals surface area (Å²) >= 11 is 1.70. The predicted octanol–water partition coefficient (Wildman–Crippen LogP) is 2.45. The second-order valence-corrected chi connectivity index (χ2v) is 3.59. The molecule has 0 aromatic carbocycles. The van der Waals surface area contributed by atoms with Gasteiger partial charge in [0.15, 0.2) is 0 Å². The summed E-state index contributed by atoms with van der Waals surface area (Å²) in [6.45, 7) is 2.06. The number of hydrogen-bond acceptors (Lipinski definition) is 2. The second kappa shape index (κ2) is 2.51. The number of nitrogens with zero attached hydrogens (tertiary/aromatic N) is 1. The number of nitrogens with one attached hydrogen (secondary N) is 1. The lowest BCUT2D eigenvalue weighted by molar-refractivity contribution is 1.33. The van der Waals surface area contributed by atoms with Crippen molar-refractivity contribution in [3.8, 4) is 10.7 Å². The van der Waals surface area contributed by atoms with E-state index in [1.165, 1.54) is 4.88 Å². The molecule has 2 heterocycles. The van der Waals surface area contributed by atoms with E-state index >= 15 is 0 Å². The molecule has 0 saturated heterocycles. The fourth-order valence-electron chi connectivity index (χ4n) is 0.943. The Morgan fingerprint density at radius 2 is 2.45 bits per heavy atom. The van der Waals surface area contributed by atoms with Gasteiger partial charge in [0.05, 0.1) is 5.69 Å². The van der Waals surface area contributed by atoms with Crippen LogP contribution in [0.15, 0.2) is 24.5 Å². The molecule has 2 aromatic heterocycles. The van der Waals surface area contributed by atoms with Crippen molar-refractivity contribution >= 4 is 11.3 Å². The van der Waals surface area contributed by atoms with E-state index < -0.39 is 0 Å². The Bertz CT molecular complexity index is 335. The molecule has 0 aliphatic heterocycles. The van der Waals surface area contributed by atoms with E-state index in [-0.39, 0.29) is 0 Å². The molecule has 2 rings (SSSR count). The van der Waals surface area contributed by atoms with Crippen LogP contribution in [-0.4, -0.2) is 9.97 Å². The molecule has 0 aliphatic rings. The van der Waals surface area contributed by atoms with Crippen LogP contribution in [0.3, 0.4) is 0 Å². The van der Waals surface area contributed by atoms with Gasteiger partial charge in [0, 0.05) is 17.3 Å². The van der Waals surface area contributed by atoms with Gasteiger partial charge in [-0.3, -0.25) is 0 Å². The van der Waals surface area contributed by atoms with Gasteiger partial charge in [-0.15, -0.1) is 11.3 Å². The Morgan fingerprint density at radius 1 is 1.55 bits per heavy atom. The summed E-state index contributed by atoms with van der Waals surface area (Å²) in [5.74, 6) is 0. The average Bonchev–Trinajstić information content (AvgIpc) is 2.55. The van der Waals surface area contributed by atoms with Gasteiger partial charge in [-0.1, -0.05) is 0 Å². The lowest BCUT2D eigenvalue weighted by atomic mass is 10.5. The van der Waals surface area contributed by atoms with Crippen LogP contribution >= 0.6 is 11.3 Å². The van der Waals surface area contributed by atoms with Crippen molar-refractivity contribution in [1.82, 2.24) is 9.97 Å². The minimum Gasteiger partial charge on any atom is -0.359 e. The van der Waals surface area contributed by atoms with Crippen molar-refractivity contribution in [2.24, 2.45) is 0 Å². The molecule has 0 unspecified atom stereocenters. The van der Waals surface area contributed by atoms with Crippen molar-refractivity contribution in [2.75, 3.05) is 0 Å². The van der Waals surface area contributed by atoms with Crippen LogP contribution in [0.5, 0.6) is 0 Å². The molecule has 0 radical (unpaired) electrons. The van der Waals surface area contributed by atoms with Crippen molar-refractivity contribution in [1.29, 1.82) is 0 Å². The van der Waals surface area contributed by atoms with Crippen LogP contribution in [0.1, 0.15) is 4.88 Å². The molecular weight excluding hydrogens is 156 g/mol. The minimum atomic E-state index is 1.06. The molecule has 0 fully saturated rings. The molecule has 0 saturated carbocycles. The summed E-state index contributed by atoms with van der Waals surface area (Å²) in [6.07, 6.45) is 3.80. The molecule has 3 heteroatoms. The van der Waals surface area contributed by atoms with Crippen LogP contribution in [0, 0.1) is 6.92 Å².